The first-order chi connectivity index (χ1) is 9.24. The van der Waals surface area contributed by atoms with Crippen molar-refractivity contribution < 1.29 is 0 Å². The lowest BCUT2D eigenvalue weighted by Crippen LogP contribution is -2.08. The molecule has 3 aliphatic carbocycles. The number of nitrogens with two attached hydrogens (primary N) is 1. The van der Waals surface area contributed by atoms with Crippen molar-refractivity contribution in [1.82, 2.24) is 9.55 Å². The molecule has 3 heteroatoms. The molecule has 2 aromatic rings. The van der Waals surface area contributed by atoms with Crippen LogP contribution in [0.4, 0.5) is 5.95 Å². The second-order valence-corrected chi connectivity index (χ2v) is 6.81. The minimum atomic E-state index is 0.652. The van der Waals surface area contributed by atoms with Gasteiger partial charge in [-0.15, -0.1) is 0 Å². The Labute approximate surface area is 112 Å². The number of hydrogen-bond acceptors (Lipinski definition) is 2. The van der Waals surface area contributed by atoms with Gasteiger partial charge in [-0.2, -0.15) is 0 Å². The van der Waals surface area contributed by atoms with Crippen LogP contribution >= 0.6 is 0 Å². The van der Waals surface area contributed by atoms with Crippen LogP contribution in [-0.4, -0.2) is 9.55 Å². The molecule has 1 heterocycles. The van der Waals surface area contributed by atoms with Crippen LogP contribution in [0.2, 0.25) is 0 Å². The van der Waals surface area contributed by atoms with E-state index in [-0.39, 0.29) is 0 Å². The molecule has 3 fully saturated rings. The van der Waals surface area contributed by atoms with E-state index >= 15 is 0 Å². The van der Waals surface area contributed by atoms with Crippen molar-refractivity contribution in [2.45, 2.75) is 32.2 Å². The van der Waals surface area contributed by atoms with Gasteiger partial charge in [0.05, 0.1) is 11.0 Å². The van der Waals surface area contributed by atoms with Gasteiger partial charge in [-0.05, 0) is 67.6 Å². The van der Waals surface area contributed by atoms with E-state index in [1.807, 2.05) is 0 Å². The third-order valence-electron chi connectivity index (χ3n) is 5.87. The first-order valence-corrected chi connectivity index (χ1v) is 7.48. The lowest BCUT2D eigenvalue weighted by atomic mass is 10.0. The van der Waals surface area contributed by atoms with Crippen molar-refractivity contribution in [2.24, 2.45) is 23.7 Å². The van der Waals surface area contributed by atoms with Gasteiger partial charge >= 0.3 is 0 Å². The fourth-order valence-corrected chi connectivity index (χ4v) is 5.16. The predicted molar refractivity (Wildman–Crippen MR) is 75.7 cm³/mol. The standard InChI is InChI=1S/C16H19N3/c1-8-2-5-12-11(6-8)18-16(17)19(12)15-13-9-3-4-10(7-9)14(13)15/h2,5-6,9-10,13-15H,3-4,7H2,1H3,(H2,17,18). The summed E-state index contributed by atoms with van der Waals surface area (Å²) in [5.41, 5.74) is 9.77. The first kappa shape index (κ1) is 10.3. The fraction of sp³-hybridized carbons (Fsp3) is 0.562. The molecular weight excluding hydrogens is 234 g/mol. The number of anilines is 1. The SMILES string of the molecule is Cc1ccc2c(c1)nc(N)n2C1C2C3CCC(C3)C21. The number of fused-ring (bicyclic) bond motifs is 6. The van der Waals surface area contributed by atoms with Gasteiger partial charge in [0, 0.05) is 6.04 Å². The van der Waals surface area contributed by atoms with Gasteiger partial charge < -0.3 is 10.3 Å². The summed E-state index contributed by atoms with van der Waals surface area (Å²) in [6.07, 6.45) is 4.39. The summed E-state index contributed by atoms with van der Waals surface area (Å²) < 4.78 is 2.34. The van der Waals surface area contributed by atoms with E-state index in [0.717, 1.165) is 35.1 Å². The van der Waals surface area contributed by atoms with Crippen LogP contribution in [0.3, 0.4) is 0 Å². The molecule has 1 aromatic heterocycles. The Morgan fingerprint density at radius 3 is 2.68 bits per heavy atom. The van der Waals surface area contributed by atoms with E-state index < -0.39 is 0 Å². The normalized spacial score (nSPS) is 38.9. The van der Waals surface area contributed by atoms with E-state index in [1.54, 1.807) is 0 Å². The highest BCUT2D eigenvalue weighted by molar-refractivity contribution is 5.79. The molecule has 4 atom stereocenters. The van der Waals surface area contributed by atoms with Crippen molar-refractivity contribution in [1.29, 1.82) is 0 Å². The largest absolute Gasteiger partial charge is 0.369 e. The second-order valence-electron chi connectivity index (χ2n) is 6.81. The van der Waals surface area contributed by atoms with Crippen LogP contribution in [0.1, 0.15) is 30.9 Å². The molecule has 3 aliphatic rings. The second kappa shape index (κ2) is 3.14. The highest BCUT2D eigenvalue weighted by atomic mass is 15.2. The maximum Gasteiger partial charge on any atom is 0.201 e. The molecule has 0 saturated heterocycles. The highest BCUT2D eigenvalue weighted by Gasteiger charge is 2.66. The minimum Gasteiger partial charge on any atom is -0.369 e. The van der Waals surface area contributed by atoms with E-state index in [4.69, 9.17) is 5.73 Å². The third-order valence-corrected chi connectivity index (χ3v) is 5.87. The minimum absolute atomic E-state index is 0.652. The number of rotatable bonds is 1. The van der Waals surface area contributed by atoms with Gasteiger partial charge in [-0.1, -0.05) is 6.07 Å². The quantitative estimate of drug-likeness (QED) is 0.848. The first-order valence-electron chi connectivity index (χ1n) is 7.48. The fourth-order valence-electron chi connectivity index (χ4n) is 5.16. The molecule has 3 nitrogen and oxygen atoms in total. The molecule has 4 unspecified atom stereocenters. The summed E-state index contributed by atoms with van der Waals surface area (Å²) in [6, 6.07) is 7.17. The van der Waals surface area contributed by atoms with E-state index in [2.05, 4.69) is 34.7 Å². The van der Waals surface area contributed by atoms with Crippen LogP contribution < -0.4 is 5.73 Å². The van der Waals surface area contributed by atoms with Crippen molar-refractivity contribution >= 4 is 17.0 Å². The molecule has 0 amide bonds. The Morgan fingerprint density at radius 2 is 1.95 bits per heavy atom. The molecular formula is C16H19N3. The summed E-state index contributed by atoms with van der Waals surface area (Å²) in [5, 5.41) is 0. The Bertz CT molecular complexity index is 671. The Morgan fingerprint density at radius 1 is 1.21 bits per heavy atom. The van der Waals surface area contributed by atoms with Crippen molar-refractivity contribution in [2.75, 3.05) is 5.73 Å². The summed E-state index contributed by atoms with van der Waals surface area (Å²) in [4.78, 5) is 4.57. The van der Waals surface area contributed by atoms with E-state index in [0.29, 0.717) is 6.04 Å². The van der Waals surface area contributed by atoms with Crippen LogP contribution in [0, 0.1) is 30.6 Å². The summed E-state index contributed by atoms with van der Waals surface area (Å²) in [5.74, 6) is 4.48. The number of nitrogens with zero attached hydrogens (tertiary/aromatic N) is 2. The van der Waals surface area contributed by atoms with Gasteiger partial charge in [0.15, 0.2) is 0 Å². The molecule has 98 valence electrons. The third kappa shape index (κ3) is 1.17. The van der Waals surface area contributed by atoms with E-state index in [1.165, 1.54) is 30.3 Å². The van der Waals surface area contributed by atoms with Crippen LogP contribution in [0.25, 0.3) is 11.0 Å². The van der Waals surface area contributed by atoms with Gasteiger partial charge in [-0.25, -0.2) is 4.98 Å². The number of imidazole rings is 1. The van der Waals surface area contributed by atoms with Crippen molar-refractivity contribution in [3.8, 4) is 0 Å². The van der Waals surface area contributed by atoms with Crippen LogP contribution in [0.15, 0.2) is 18.2 Å². The summed E-state index contributed by atoms with van der Waals surface area (Å²) >= 11 is 0. The number of hydrogen-bond donors (Lipinski definition) is 1. The molecule has 2 bridgehead atoms. The van der Waals surface area contributed by atoms with Crippen molar-refractivity contribution in [3.05, 3.63) is 23.8 Å². The maximum atomic E-state index is 6.21. The van der Waals surface area contributed by atoms with Crippen LogP contribution in [-0.2, 0) is 0 Å². The molecule has 2 N–H and O–H groups in total. The topological polar surface area (TPSA) is 43.8 Å². The van der Waals surface area contributed by atoms with Gasteiger partial charge in [0.2, 0.25) is 5.95 Å². The molecule has 0 aliphatic heterocycles. The zero-order valence-electron chi connectivity index (χ0n) is 11.2. The van der Waals surface area contributed by atoms with Crippen LogP contribution in [0.5, 0.6) is 0 Å². The van der Waals surface area contributed by atoms with Gasteiger partial charge in [0.1, 0.15) is 0 Å². The van der Waals surface area contributed by atoms with E-state index in [9.17, 15) is 0 Å². The molecule has 1 aromatic carbocycles. The Hall–Kier alpha value is -1.51. The summed E-state index contributed by atoms with van der Waals surface area (Å²) in [7, 11) is 0. The summed E-state index contributed by atoms with van der Waals surface area (Å²) in [6.45, 7) is 2.11. The number of nitrogen functional groups attached to an aromatic ring is 1. The lowest BCUT2D eigenvalue weighted by Gasteiger charge is -2.12. The zero-order valence-corrected chi connectivity index (χ0v) is 11.2. The monoisotopic (exact) mass is 253 g/mol. The average molecular weight is 253 g/mol. The Kier molecular flexibility index (Phi) is 1.70. The molecule has 0 radical (unpaired) electrons. The maximum absolute atomic E-state index is 6.21. The predicted octanol–water partition coefficient (Wildman–Crippen LogP) is 3.14. The average Bonchev–Trinajstić information content (AvgIpc) is 2.74. The molecule has 0 spiro atoms. The van der Waals surface area contributed by atoms with Crippen molar-refractivity contribution in [3.63, 3.8) is 0 Å². The highest BCUT2D eigenvalue weighted by Crippen LogP contribution is 2.72. The number of benzene rings is 1. The lowest BCUT2D eigenvalue weighted by molar-refractivity contribution is 0.456. The van der Waals surface area contributed by atoms with Gasteiger partial charge in [0.25, 0.3) is 0 Å². The zero-order chi connectivity index (χ0) is 12.7. The Balaban J connectivity index is 1.65. The molecule has 5 rings (SSSR count). The smallest absolute Gasteiger partial charge is 0.201 e. The number of aromatic nitrogens is 2. The number of aryl methyl sites for hydroxylation is 1. The molecule has 19 heavy (non-hydrogen) atoms. The molecule has 3 saturated carbocycles. The van der Waals surface area contributed by atoms with Gasteiger partial charge in [-0.3, -0.25) is 0 Å².